The van der Waals surface area contributed by atoms with E-state index in [2.05, 4.69) is 0 Å². The molecule has 36 heavy (non-hydrogen) atoms. The number of sulfone groups is 1. The molecule has 1 saturated heterocycles. The fourth-order valence-corrected chi connectivity index (χ4v) is 10.1. The molecule has 2 heterocycles. The zero-order valence-electron chi connectivity index (χ0n) is 18.9. The third-order valence-electron chi connectivity index (χ3n) is 7.90. The Kier molecular flexibility index (Phi) is 5.73. The third-order valence-corrected chi connectivity index (χ3v) is 12.4. The number of alkyl halides is 3. The number of hydrogen-bond donors (Lipinski definition) is 0. The van der Waals surface area contributed by atoms with Crippen molar-refractivity contribution in [3.8, 4) is 5.75 Å². The molecular formula is C23H22F5NO5S2. The first-order chi connectivity index (χ1) is 16.7. The molecule has 2 aromatic carbocycles. The molecule has 5 rings (SSSR count). The normalized spacial score (nSPS) is 30.0. The van der Waals surface area contributed by atoms with Crippen LogP contribution in [0.3, 0.4) is 0 Å². The Morgan fingerprint density at radius 2 is 1.67 bits per heavy atom. The lowest BCUT2D eigenvalue weighted by molar-refractivity contribution is -0.137. The summed E-state index contributed by atoms with van der Waals surface area (Å²) in [6.07, 6.45) is -4.84. The molecule has 0 unspecified atom stereocenters. The van der Waals surface area contributed by atoms with Crippen molar-refractivity contribution in [1.82, 2.24) is 4.31 Å². The molecule has 0 N–H and O–H groups in total. The average Bonchev–Trinajstić information content (AvgIpc) is 2.82. The smallest absolute Gasteiger partial charge is 0.416 e. The molecule has 13 heteroatoms. The van der Waals surface area contributed by atoms with Crippen LogP contribution >= 0.6 is 0 Å². The van der Waals surface area contributed by atoms with Crippen LogP contribution in [0.2, 0.25) is 0 Å². The van der Waals surface area contributed by atoms with Gasteiger partial charge < -0.3 is 4.74 Å². The lowest BCUT2D eigenvalue weighted by atomic mass is 9.64. The number of rotatable bonds is 2. The van der Waals surface area contributed by atoms with Crippen LogP contribution in [0.25, 0.3) is 0 Å². The molecule has 0 amide bonds. The van der Waals surface area contributed by atoms with Gasteiger partial charge in [0, 0.05) is 19.0 Å². The molecule has 2 aliphatic heterocycles. The molecule has 196 valence electrons. The second kappa shape index (κ2) is 8.12. The summed E-state index contributed by atoms with van der Waals surface area (Å²) in [5.74, 6) is -4.30. The number of hydrogen-bond acceptors (Lipinski definition) is 5. The highest BCUT2D eigenvalue weighted by Crippen LogP contribution is 2.60. The van der Waals surface area contributed by atoms with Gasteiger partial charge in [-0.1, -0.05) is 0 Å². The van der Waals surface area contributed by atoms with Gasteiger partial charge in [0.1, 0.15) is 10.6 Å². The maximum absolute atomic E-state index is 15.4. The highest BCUT2D eigenvalue weighted by Gasteiger charge is 2.64. The van der Waals surface area contributed by atoms with E-state index in [1.54, 1.807) is 0 Å². The fraction of sp³-hybridized carbons (Fsp3) is 0.478. The van der Waals surface area contributed by atoms with Crippen molar-refractivity contribution in [2.24, 2.45) is 11.8 Å². The molecule has 4 atom stereocenters. The molecule has 6 nitrogen and oxygen atoms in total. The Bertz CT molecular complexity index is 1430. The molecule has 2 aromatic rings. The van der Waals surface area contributed by atoms with Crippen molar-refractivity contribution in [2.75, 3.05) is 19.4 Å². The first-order valence-electron chi connectivity index (χ1n) is 11.2. The molecule has 0 radical (unpaired) electrons. The van der Waals surface area contributed by atoms with Gasteiger partial charge in [0.15, 0.2) is 21.4 Å². The van der Waals surface area contributed by atoms with Crippen LogP contribution in [0.1, 0.15) is 30.4 Å². The van der Waals surface area contributed by atoms with Gasteiger partial charge in [-0.05, 0) is 61.6 Å². The maximum Gasteiger partial charge on any atom is 0.416 e. The summed E-state index contributed by atoms with van der Waals surface area (Å²) >= 11 is 0. The van der Waals surface area contributed by atoms with Crippen LogP contribution in [0, 0.1) is 23.5 Å². The zero-order valence-corrected chi connectivity index (χ0v) is 20.6. The van der Waals surface area contributed by atoms with Crippen LogP contribution in [0.4, 0.5) is 22.0 Å². The quantitative estimate of drug-likeness (QED) is 0.525. The fourth-order valence-electron chi connectivity index (χ4n) is 6.17. The lowest BCUT2D eigenvalue weighted by Crippen LogP contribution is -2.62. The monoisotopic (exact) mass is 551 g/mol. The van der Waals surface area contributed by atoms with Crippen molar-refractivity contribution in [3.05, 3.63) is 59.2 Å². The largest absolute Gasteiger partial charge is 0.490 e. The van der Waals surface area contributed by atoms with Gasteiger partial charge >= 0.3 is 6.18 Å². The molecule has 0 bridgehead atoms. The molecule has 0 spiro atoms. The predicted molar refractivity (Wildman–Crippen MR) is 118 cm³/mol. The molecule has 3 aliphatic rings. The Balaban J connectivity index is 1.73. The van der Waals surface area contributed by atoms with E-state index in [0.717, 1.165) is 24.3 Å². The molecular weight excluding hydrogens is 529 g/mol. The first kappa shape index (κ1) is 25.4. The summed E-state index contributed by atoms with van der Waals surface area (Å²) in [6, 6.07) is 3.94. The number of benzene rings is 2. The van der Waals surface area contributed by atoms with Crippen LogP contribution in [-0.2, 0) is 30.8 Å². The van der Waals surface area contributed by atoms with Gasteiger partial charge in [0.05, 0.1) is 28.4 Å². The van der Waals surface area contributed by atoms with E-state index in [-0.39, 0.29) is 31.6 Å². The first-order valence-corrected chi connectivity index (χ1v) is 14.3. The van der Waals surface area contributed by atoms with Gasteiger partial charge in [0.2, 0.25) is 10.0 Å². The summed E-state index contributed by atoms with van der Waals surface area (Å²) in [4.78, 5) is -0.466. The Morgan fingerprint density at radius 3 is 2.31 bits per heavy atom. The standard InChI is InChI=1S/C23H22F5NO5S2/c1-29-19-8-10-22(36(32,33)14-4-2-13(3-5-14)23(26,27)28)16(15(19)9-11-35(29,30)31)12-34-21-18(25)7-6-17(24)20(21)22/h2-7,15-16,19H,8-12H2,1H3/t15-,16+,19+,22+/m1/s1. The van der Waals surface area contributed by atoms with Crippen LogP contribution in [0.15, 0.2) is 41.3 Å². The van der Waals surface area contributed by atoms with Crippen molar-refractivity contribution in [2.45, 2.75) is 41.1 Å². The highest BCUT2D eigenvalue weighted by molar-refractivity contribution is 7.92. The van der Waals surface area contributed by atoms with Gasteiger partial charge in [-0.15, -0.1) is 0 Å². The van der Waals surface area contributed by atoms with Crippen molar-refractivity contribution in [3.63, 3.8) is 0 Å². The molecule has 0 aromatic heterocycles. The summed E-state index contributed by atoms with van der Waals surface area (Å²) in [5, 5.41) is 0. The second-order valence-corrected chi connectivity index (χ2v) is 13.8. The van der Waals surface area contributed by atoms with Crippen LogP contribution < -0.4 is 4.74 Å². The van der Waals surface area contributed by atoms with E-state index in [9.17, 15) is 34.4 Å². The number of sulfonamides is 1. The number of nitrogens with zero attached hydrogens (tertiary/aromatic N) is 1. The van der Waals surface area contributed by atoms with Crippen molar-refractivity contribution < 1.29 is 43.5 Å². The number of ether oxygens (including phenoxy) is 1. The van der Waals surface area contributed by atoms with E-state index in [0.29, 0.717) is 12.1 Å². The van der Waals surface area contributed by atoms with Crippen molar-refractivity contribution in [1.29, 1.82) is 0 Å². The highest BCUT2D eigenvalue weighted by atomic mass is 32.2. The van der Waals surface area contributed by atoms with E-state index >= 15 is 4.39 Å². The average molecular weight is 552 g/mol. The Morgan fingerprint density at radius 1 is 1.03 bits per heavy atom. The van der Waals surface area contributed by atoms with Gasteiger partial charge in [0.25, 0.3) is 0 Å². The van der Waals surface area contributed by atoms with Gasteiger partial charge in [-0.25, -0.2) is 29.9 Å². The molecule has 1 aliphatic carbocycles. The summed E-state index contributed by atoms with van der Waals surface area (Å²) in [7, 11) is -6.78. The van der Waals surface area contributed by atoms with Crippen LogP contribution in [-0.4, -0.2) is 46.6 Å². The number of halogens is 5. The van der Waals surface area contributed by atoms with Gasteiger partial charge in [-0.2, -0.15) is 13.2 Å². The van der Waals surface area contributed by atoms with E-state index in [4.69, 9.17) is 4.74 Å². The Labute approximate surface area is 205 Å². The minimum absolute atomic E-state index is 0.0339. The summed E-state index contributed by atoms with van der Waals surface area (Å²) < 4.78 is 128. The minimum Gasteiger partial charge on any atom is -0.490 e. The van der Waals surface area contributed by atoms with Crippen molar-refractivity contribution >= 4 is 19.9 Å². The maximum atomic E-state index is 15.4. The molecule has 2 fully saturated rings. The van der Waals surface area contributed by atoms with E-state index in [1.807, 2.05) is 0 Å². The zero-order chi connectivity index (χ0) is 26.3. The SMILES string of the molecule is CN1[C@H]2CC[C@@]3(S(=O)(=O)c4ccc(C(F)(F)F)cc4)c4c(F)ccc(F)c4OC[C@H]3[C@H]2CCS1(=O)=O. The Hall–Kier alpha value is -2.25. The van der Waals surface area contributed by atoms with Gasteiger partial charge in [-0.3, -0.25) is 0 Å². The molecule has 1 saturated carbocycles. The third kappa shape index (κ3) is 3.49. The topological polar surface area (TPSA) is 80.8 Å². The summed E-state index contributed by atoms with van der Waals surface area (Å²) in [5.41, 5.74) is -1.55. The minimum atomic E-state index is -4.69. The summed E-state index contributed by atoms with van der Waals surface area (Å²) in [6.45, 7) is -0.317. The second-order valence-electron chi connectivity index (χ2n) is 9.46. The lowest BCUT2D eigenvalue weighted by Gasteiger charge is -2.55. The van der Waals surface area contributed by atoms with E-state index in [1.165, 1.54) is 11.4 Å². The van der Waals surface area contributed by atoms with Crippen LogP contribution in [0.5, 0.6) is 5.75 Å². The predicted octanol–water partition coefficient (Wildman–Crippen LogP) is 4.11. The number of fused-ring (bicyclic) bond motifs is 5. The van der Waals surface area contributed by atoms with E-state index < -0.39 is 82.1 Å².